The van der Waals surface area contributed by atoms with Crippen LogP contribution in [-0.2, 0) is 6.42 Å². The molecular formula is C14H16N4O3S. The molecule has 116 valence electrons. The van der Waals surface area contributed by atoms with E-state index in [4.69, 9.17) is 10.5 Å². The van der Waals surface area contributed by atoms with Gasteiger partial charge < -0.3 is 15.6 Å². The van der Waals surface area contributed by atoms with Crippen LogP contribution in [0.2, 0.25) is 0 Å². The Labute approximate surface area is 131 Å². The summed E-state index contributed by atoms with van der Waals surface area (Å²) in [5.41, 5.74) is 9.30. The largest absolute Gasteiger partial charge is 0.504 e. The number of hydrogen-bond donors (Lipinski definition) is 3. The number of aryl methyl sites for hydroxylation is 1. The summed E-state index contributed by atoms with van der Waals surface area (Å²) in [5, 5.41) is 13.9. The van der Waals surface area contributed by atoms with Gasteiger partial charge in [-0.1, -0.05) is 18.3 Å². The molecule has 0 aliphatic rings. The first-order valence-electron chi connectivity index (χ1n) is 6.50. The Balaban J connectivity index is 2.05. The Morgan fingerprint density at radius 3 is 3.00 bits per heavy atom. The standard InChI is InChI=1S/C14H16N4O3S/c1-3-9-12(22-14(15)17-9)13(20)18-16-7-8-4-5-11(21-2)10(19)6-8/h4-7,19H,3H2,1-2H3,(H2,15,17)(H,18,20)/b16-7-. The maximum atomic E-state index is 12.0. The van der Waals surface area contributed by atoms with Gasteiger partial charge in [0.05, 0.1) is 19.0 Å². The van der Waals surface area contributed by atoms with E-state index in [9.17, 15) is 9.90 Å². The van der Waals surface area contributed by atoms with Crippen molar-refractivity contribution in [3.8, 4) is 11.5 Å². The molecule has 0 fully saturated rings. The van der Waals surface area contributed by atoms with E-state index in [-0.39, 0.29) is 11.7 Å². The molecule has 8 heteroatoms. The van der Waals surface area contributed by atoms with E-state index in [1.807, 2.05) is 6.92 Å². The van der Waals surface area contributed by atoms with Crippen molar-refractivity contribution in [2.24, 2.45) is 5.10 Å². The summed E-state index contributed by atoms with van der Waals surface area (Å²) in [6.07, 6.45) is 2.04. The monoisotopic (exact) mass is 320 g/mol. The number of amides is 1. The molecule has 0 spiro atoms. The predicted molar refractivity (Wildman–Crippen MR) is 85.6 cm³/mol. The van der Waals surface area contributed by atoms with Gasteiger partial charge in [0.15, 0.2) is 16.6 Å². The van der Waals surface area contributed by atoms with Gasteiger partial charge >= 0.3 is 0 Å². The number of rotatable bonds is 5. The summed E-state index contributed by atoms with van der Waals surface area (Å²) in [5.74, 6) is 0.00946. The van der Waals surface area contributed by atoms with Gasteiger partial charge in [-0.05, 0) is 30.2 Å². The molecule has 22 heavy (non-hydrogen) atoms. The average molecular weight is 320 g/mol. The molecule has 1 amide bonds. The number of benzene rings is 1. The molecule has 1 aromatic carbocycles. The number of aromatic nitrogens is 1. The second-order valence-electron chi connectivity index (χ2n) is 4.31. The fourth-order valence-corrected chi connectivity index (χ4v) is 2.60. The Hall–Kier alpha value is -2.61. The number of nitrogens with zero attached hydrogens (tertiary/aromatic N) is 2. The molecule has 0 unspecified atom stereocenters. The van der Waals surface area contributed by atoms with Crippen molar-refractivity contribution in [1.29, 1.82) is 0 Å². The first kappa shape index (κ1) is 15.8. The lowest BCUT2D eigenvalue weighted by molar-refractivity contribution is 0.0958. The normalized spacial score (nSPS) is 10.8. The summed E-state index contributed by atoms with van der Waals surface area (Å²) in [6.45, 7) is 1.90. The maximum Gasteiger partial charge on any atom is 0.283 e. The molecule has 4 N–H and O–H groups in total. The van der Waals surface area contributed by atoms with Crippen molar-refractivity contribution in [1.82, 2.24) is 10.4 Å². The van der Waals surface area contributed by atoms with Crippen LogP contribution in [0.3, 0.4) is 0 Å². The van der Waals surface area contributed by atoms with Gasteiger partial charge in [0.1, 0.15) is 4.88 Å². The number of anilines is 1. The molecule has 1 heterocycles. The number of carbonyl (C=O) groups is 1. The SMILES string of the molecule is CCc1nc(N)sc1C(=O)N/N=C\c1ccc(OC)c(O)c1. The fourth-order valence-electron chi connectivity index (χ4n) is 1.79. The number of nitrogens with one attached hydrogen (secondary N) is 1. The minimum Gasteiger partial charge on any atom is -0.504 e. The van der Waals surface area contributed by atoms with Crippen molar-refractivity contribution >= 4 is 28.6 Å². The highest BCUT2D eigenvalue weighted by molar-refractivity contribution is 7.17. The maximum absolute atomic E-state index is 12.0. The van der Waals surface area contributed by atoms with Crippen LogP contribution in [0.15, 0.2) is 23.3 Å². The van der Waals surface area contributed by atoms with Gasteiger partial charge in [-0.15, -0.1) is 0 Å². The van der Waals surface area contributed by atoms with E-state index in [1.165, 1.54) is 19.4 Å². The van der Waals surface area contributed by atoms with Crippen molar-refractivity contribution in [3.05, 3.63) is 34.3 Å². The number of nitrogen functional groups attached to an aromatic ring is 1. The number of thiazole rings is 1. The van der Waals surface area contributed by atoms with Crippen LogP contribution < -0.4 is 15.9 Å². The molecular weight excluding hydrogens is 304 g/mol. The molecule has 0 aliphatic heterocycles. The summed E-state index contributed by atoms with van der Waals surface area (Å²) in [6, 6.07) is 4.80. The third-order valence-electron chi connectivity index (χ3n) is 2.84. The number of nitrogens with two attached hydrogens (primary N) is 1. The Kier molecular flexibility index (Phi) is 4.95. The zero-order valence-corrected chi connectivity index (χ0v) is 13.0. The Morgan fingerprint density at radius 1 is 1.59 bits per heavy atom. The lowest BCUT2D eigenvalue weighted by atomic mass is 10.2. The van der Waals surface area contributed by atoms with Gasteiger partial charge in [0.25, 0.3) is 5.91 Å². The van der Waals surface area contributed by atoms with Gasteiger partial charge in [0.2, 0.25) is 0 Å². The van der Waals surface area contributed by atoms with Crippen LogP contribution in [0.25, 0.3) is 0 Å². The molecule has 0 bridgehead atoms. The van der Waals surface area contributed by atoms with Gasteiger partial charge in [-0.2, -0.15) is 5.10 Å². The first-order chi connectivity index (χ1) is 10.5. The minimum atomic E-state index is -0.361. The highest BCUT2D eigenvalue weighted by Gasteiger charge is 2.15. The zero-order valence-electron chi connectivity index (χ0n) is 12.2. The van der Waals surface area contributed by atoms with Crippen molar-refractivity contribution in [3.63, 3.8) is 0 Å². The first-order valence-corrected chi connectivity index (χ1v) is 7.32. The van der Waals surface area contributed by atoms with E-state index < -0.39 is 0 Å². The van der Waals surface area contributed by atoms with E-state index >= 15 is 0 Å². The zero-order chi connectivity index (χ0) is 16.1. The molecule has 0 radical (unpaired) electrons. The quantitative estimate of drug-likeness (QED) is 0.574. The minimum absolute atomic E-state index is 0.00118. The highest BCUT2D eigenvalue weighted by Crippen LogP contribution is 2.25. The number of aromatic hydroxyl groups is 1. The third kappa shape index (κ3) is 3.53. The fraction of sp³-hybridized carbons (Fsp3) is 0.214. The lowest BCUT2D eigenvalue weighted by Gasteiger charge is -2.03. The van der Waals surface area contributed by atoms with Crippen LogP contribution in [0.1, 0.15) is 27.9 Å². The van der Waals surface area contributed by atoms with Gasteiger partial charge in [-0.3, -0.25) is 4.79 Å². The smallest absolute Gasteiger partial charge is 0.283 e. The Morgan fingerprint density at radius 2 is 2.36 bits per heavy atom. The molecule has 2 aromatic rings. The average Bonchev–Trinajstić information content (AvgIpc) is 2.88. The predicted octanol–water partition coefficient (Wildman–Crippen LogP) is 1.77. The number of hydrogen-bond acceptors (Lipinski definition) is 7. The molecule has 0 saturated heterocycles. The molecule has 0 aliphatic carbocycles. The van der Waals surface area contributed by atoms with Crippen molar-refractivity contribution < 1.29 is 14.6 Å². The second-order valence-corrected chi connectivity index (χ2v) is 5.34. The van der Waals surface area contributed by atoms with Gasteiger partial charge in [0, 0.05) is 0 Å². The second kappa shape index (κ2) is 6.90. The van der Waals surface area contributed by atoms with Gasteiger partial charge in [-0.25, -0.2) is 10.4 Å². The number of ether oxygens (including phenoxy) is 1. The highest BCUT2D eigenvalue weighted by atomic mass is 32.1. The topological polar surface area (TPSA) is 110 Å². The summed E-state index contributed by atoms with van der Waals surface area (Å²) >= 11 is 1.12. The van der Waals surface area contributed by atoms with E-state index in [0.29, 0.717) is 33.4 Å². The third-order valence-corrected chi connectivity index (χ3v) is 3.76. The number of methoxy groups -OCH3 is 1. The lowest BCUT2D eigenvalue weighted by Crippen LogP contribution is -2.17. The van der Waals surface area contributed by atoms with E-state index in [2.05, 4.69) is 15.5 Å². The summed E-state index contributed by atoms with van der Waals surface area (Å²) in [7, 11) is 1.47. The van der Waals surface area contributed by atoms with Crippen LogP contribution >= 0.6 is 11.3 Å². The molecule has 0 saturated carbocycles. The molecule has 0 atom stereocenters. The van der Waals surface area contributed by atoms with Crippen molar-refractivity contribution in [2.45, 2.75) is 13.3 Å². The van der Waals surface area contributed by atoms with Crippen molar-refractivity contribution in [2.75, 3.05) is 12.8 Å². The molecule has 2 rings (SSSR count). The molecule has 7 nitrogen and oxygen atoms in total. The number of carbonyl (C=O) groups excluding carboxylic acids is 1. The van der Waals surface area contributed by atoms with Crippen LogP contribution in [0.4, 0.5) is 5.13 Å². The van der Waals surface area contributed by atoms with Crippen LogP contribution in [0, 0.1) is 0 Å². The van der Waals surface area contributed by atoms with E-state index in [1.54, 1.807) is 12.1 Å². The number of hydrazone groups is 1. The summed E-state index contributed by atoms with van der Waals surface area (Å²) < 4.78 is 4.95. The van der Waals surface area contributed by atoms with E-state index in [0.717, 1.165) is 11.3 Å². The number of phenols is 1. The molecule has 1 aromatic heterocycles. The Bertz CT molecular complexity index is 712. The van der Waals surface area contributed by atoms with Crippen LogP contribution in [0.5, 0.6) is 11.5 Å². The summed E-state index contributed by atoms with van der Waals surface area (Å²) in [4.78, 5) is 16.6. The van der Waals surface area contributed by atoms with Crippen LogP contribution in [-0.4, -0.2) is 29.3 Å². The number of phenolic OH excluding ortho intramolecular Hbond substituents is 1.